The molecular formula is C7H11NO. The van der Waals surface area contributed by atoms with Crippen LogP contribution in [0, 0.1) is 12.3 Å². The van der Waals surface area contributed by atoms with Gasteiger partial charge in [-0.15, -0.1) is 6.42 Å². The zero-order chi connectivity index (χ0) is 7.49. The molecule has 0 aromatic carbocycles. The average Bonchev–Trinajstić information content (AvgIpc) is 1.62. The molecule has 0 aliphatic rings. The van der Waals surface area contributed by atoms with E-state index in [-0.39, 0.29) is 11.4 Å². The average molecular weight is 125 g/mol. The Labute approximate surface area is 55.6 Å². The SMILES string of the molecule is C#CC(=O)NC(C)(C)C. The first-order valence-corrected chi connectivity index (χ1v) is 2.74. The summed E-state index contributed by atoms with van der Waals surface area (Å²) >= 11 is 0. The van der Waals surface area contributed by atoms with Crippen LogP contribution in [0.2, 0.25) is 0 Å². The second-order valence-corrected chi connectivity index (χ2v) is 2.85. The molecule has 0 atom stereocenters. The van der Waals surface area contributed by atoms with Gasteiger partial charge in [0.2, 0.25) is 0 Å². The monoisotopic (exact) mass is 125 g/mol. The van der Waals surface area contributed by atoms with Crippen LogP contribution in [0.3, 0.4) is 0 Å². The van der Waals surface area contributed by atoms with E-state index in [4.69, 9.17) is 6.42 Å². The molecular weight excluding hydrogens is 114 g/mol. The van der Waals surface area contributed by atoms with Crippen molar-refractivity contribution in [3.05, 3.63) is 0 Å². The van der Waals surface area contributed by atoms with Gasteiger partial charge in [-0.3, -0.25) is 4.79 Å². The van der Waals surface area contributed by atoms with Gasteiger partial charge in [0.15, 0.2) is 0 Å². The number of terminal acetylenes is 1. The number of rotatable bonds is 0. The van der Waals surface area contributed by atoms with Crippen LogP contribution in [0.1, 0.15) is 20.8 Å². The first kappa shape index (κ1) is 8.03. The predicted molar refractivity (Wildman–Crippen MR) is 36.7 cm³/mol. The fraction of sp³-hybridized carbons (Fsp3) is 0.571. The summed E-state index contributed by atoms with van der Waals surface area (Å²) in [5.41, 5.74) is -0.219. The molecule has 50 valence electrons. The van der Waals surface area contributed by atoms with Crippen molar-refractivity contribution in [3.8, 4) is 12.3 Å². The first-order chi connectivity index (χ1) is 3.95. The van der Waals surface area contributed by atoms with Gasteiger partial charge in [0.05, 0.1) is 0 Å². The molecule has 0 rings (SSSR count). The molecule has 0 spiro atoms. The molecule has 0 aromatic rings. The summed E-state index contributed by atoms with van der Waals surface area (Å²) in [4.78, 5) is 10.5. The molecule has 0 radical (unpaired) electrons. The molecule has 0 aliphatic carbocycles. The molecule has 0 aliphatic heterocycles. The topological polar surface area (TPSA) is 29.1 Å². The quantitative estimate of drug-likeness (QED) is 0.470. The lowest BCUT2D eigenvalue weighted by atomic mass is 10.1. The summed E-state index contributed by atoms with van der Waals surface area (Å²) in [7, 11) is 0. The van der Waals surface area contributed by atoms with Gasteiger partial charge >= 0.3 is 0 Å². The predicted octanol–water partition coefficient (Wildman–Crippen LogP) is 0.534. The largest absolute Gasteiger partial charge is 0.341 e. The van der Waals surface area contributed by atoms with Crippen molar-refractivity contribution in [1.82, 2.24) is 5.32 Å². The number of nitrogens with one attached hydrogen (secondary N) is 1. The van der Waals surface area contributed by atoms with Crippen LogP contribution >= 0.6 is 0 Å². The molecule has 0 bridgehead atoms. The van der Waals surface area contributed by atoms with Gasteiger partial charge in [-0.2, -0.15) is 0 Å². The van der Waals surface area contributed by atoms with E-state index in [2.05, 4.69) is 5.32 Å². The first-order valence-electron chi connectivity index (χ1n) is 2.74. The zero-order valence-corrected chi connectivity index (χ0v) is 5.99. The van der Waals surface area contributed by atoms with Crippen LogP contribution in [0.15, 0.2) is 0 Å². The molecule has 0 saturated heterocycles. The highest BCUT2D eigenvalue weighted by Gasteiger charge is 2.10. The van der Waals surface area contributed by atoms with Gasteiger partial charge in [-0.05, 0) is 26.7 Å². The third kappa shape index (κ3) is 4.89. The molecule has 0 fully saturated rings. The number of carbonyl (C=O) groups is 1. The Morgan fingerprint density at radius 3 is 2.11 bits per heavy atom. The molecule has 9 heavy (non-hydrogen) atoms. The van der Waals surface area contributed by atoms with Crippen LogP contribution in [0.25, 0.3) is 0 Å². The van der Waals surface area contributed by atoms with E-state index in [1.165, 1.54) is 0 Å². The fourth-order valence-electron chi connectivity index (χ4n) is 0.377. The molecule has 0 saturated carbocycles. The van der Waals surface area contributed by atoms with Gasteiger partial charge in [0, 0.05) is 5.54 Å². The van der Waals surface area contributed by atoms with Gasteiger partial charge in [0.1, 0.15) is 0 Å². The van der Waals surface area contributed by atoms with Crippen molar-refractivity contribution < 1.29 is 4.79 Å². The molecule has 1 N–H and O–H groups in total. The molecule has 2 heteroatoms. The van der Waals surface area contributed by atoms with E-state index >= 15 is 0 Å². The zero-order valence-electron chi connectivity index (χ0n) is 5.99. The van der Waals surface area contributed by atoms with Crippen LogP contribution in [0.5, 0.6) is 0 Å². The number of amides is 1. The van der Waals surface area contributed by atoms with Crippen LogP contribution in [-0.2, 0) is 4.79 Å². The van der Waals surface area contributed by atoms with Crippen LogP contribution in [-0.4, -0.2) is 11.4 Å². The number of hydrogen-bond acceptors (Lipinski definition) is 1. The van der Waals surface area contributed by atoms with Crippen molar-refractivity contribution in [2.75, 3.05) is 0 Å². The van der Waals surface area contributed by atoms with Gasteiger partial charge in [-0.1, -0.05) is 0 Å². The number of carbonyl (C=O) groups excluding carboxylic acids is 1. The highest BCUT2D eigenvalue weighted by Crippen LogP contribution is 1.96. The van der Waals surface area contributed by atoms with E-state index < -0.39 is 0 Å². The van der Waals surface area contributed by atoms with Crippen molar-refractivity contribution in [2.24, 2.45) is 0 Å². The summed E-state index contributed by atoms with van der Waals surface area (Å²) in [5.74, 6) is 1.61. The normalized spacial score (nSPS) is 10.0. The molecule has 2 nitrogen and oxygen atoms in total. The lowest BCUT2D eigenvalue weighted by Crippen LogP contribution is -2.39. The molecule has 0 aromatic heterocycles. The van der Waals surface area contributed by atoms with Crippen LogP contribution < -0.4 is 5.32 Å². The highest BCUT2D eigenvalue weighted by atomic mass is 16.1. The van der Waals surface area contributed by atoms with Crippen molar-refractivity contribution in [1.29, 1.82) is 0 Å². The lowest BCUT2D eigenvalue weighted by Gasteiger charge is -2.17. The smallest absolute Gasteiger partial charge is 0.296 e. The van der Waals surface area contributed by atoms with Crippen LogP contribution in [0.4, 0.5) is 0 Å². The highest BCUT2D eigenvalue weighted by molar-refractivity contribution is 5.93. The summed E-state index contributed by atoms with van der Waals surface area (Å²) in [6, 6.07) is 0. The van der Waals surface area contributed by atoms with Crippen molar-refractivity contribution in [2.45, 2.75) is 26.3 Å². The minimum Gasteiger partial charge on any atom is -0.341 e. The number of hydrogen-bond donors (Lipinski definition) is 1. The molecule has 1 amide bonds. The summed E-state index contributed by atoms with van der Waals surface area (Å²) in [6.45, 7) is 5.63. The summed E-state index contributed by atoms with van der Waals surface area (Å²) in [5, 5.41) is 2.59. The minimum atomic E-state index is -0.359. The maximum Gasteiger partial charge on any atom is 0.296 e. The molecule has 0 unspecified atom stereocenters. The van der Waals surface area contributed by atoms with Gasteiger partial charge < -0.3 is 5.32 Å². The Bertz CT molecular complexity index is 147. The fourth-order valence-corrected chi connectivity index (χ4v) is 0.377. The minimum absolute atomic E-state index is 0.219. The summed E-state index contributed by atoms with van der Waals surface area (Å²) in [6.07, 6.45) is 4.82. The maximum absolute atomic E-state index is 10.5. The van der Waals surface area contributed by atoms with E-state index in [0.29, 0.717) is 0 Å². The Morgan fingerprint density at radius 2 is 2.00 bits per heavy atom. The standard InChI is InChI=1S/C7H11NO/c1-5-6(9)8-7(2,3)4/h1H,2-4H3,(H,8,9). The summed E-state index contributed by atoms with van der Waals surface area (Å²) < 4.78 is 0. The lowest BCUT2D eigenvalue weighted by molar-refractivity contribution is -0.116. The van der Waals surface area contributed by atoms with E-state index in [9.17, 15) is 4.79 Å². The van der Waals surface area contributed by atoms with Crippen molar-refractivity contribution >= 4 is 5.91 Å². The van der Waals surface area contributed by atoms with Gasteiger partial charge in [-0.25, -0.2) is 0 Å². The van der Waals surface area contributed by atoms with Crippen molar-refractivity contribution in [3.63, 3.8) is 0 Å². The molecule has 0 heterocycles. The maximum atomic E-state index is 10.5. The Morgan fingerprint density at radius 1 is 1.56 bits per heavy atom. The second-order valence-electron chi connectivity index (χ2n) is 2.85. The third-order valence-corrected chi connectivity index (χ3v) is 0.620. The Balaban J connectivity index is 3.78. The Kier molecular flexibility index (Phi) is 2.27. The van der Waals surface area contributed by atoms with E-state index in [0.717, 1.165) is 0 Å². The second kappa shape index (κ2) is 2.54. The van der Waals surface area contributed by atoms with Gasteiger partial charge in [0.25, 0.3) is 5.91 Å². The third-order valence-electron chi connectivity index (χ3n) is 0.620. The van der Waals surface area contributed by atoms with E-state index in [1.807, 2.05) is 26.7 Å². The van der Waals surface area contributed by atoms with E-state index in [1.54, 1.807) is 0 Å². The Hall–Kier alpha value is -0.970.